The molecule has 2 aromatic carbocycles. The number of fused-ring (bicyclic) bond motifs is 3. The number of hydrogen-bond donors (Lipinski definition) is 2. The van der Waals surface area contributed by atoms with Crippen molar-refractivity contribution in [2.75, 3.05) is 12.8 Å². The van der Waals surface area contributed by atoms with Gasteiger partial charge in [-0.05, 0) is 30.5 Å². The summed E-state index contributed by atoms with van der Waals surface area (Å²) in [5.74, 6) is 0.277. The van der Waals surface area contributed by atoms with Gasteiger partial charge in [-0.2, -0.15) is 5.10 Å². The molecule has 2 aromatic heterocycles. The highest BCUT2D eigenvalue weighted by Gasteiger charge is 2.29. The van der Waals surface area contributed by atoms with Crippen LogP contribution in [-0.4, -0.2) is 49.3 Å². The Hall–Kier alpha value is -3.92. The molecule has 5 rings (SSSR count). The zero-order chi connectivity index (χ0) is 23.7. The van der Waals surface area contributed by atoms with Crippen LogP contribution in [0, 0.1) is 0 Å². The number of imide groups is 1. The average molecular weight is 474 g/mol. The molecule has 0 spiro atoms. The Kier molecular flexibility index (Phi) is 5.89. The highest BCUT2D eigenvalue weighted by atomic mass is 32.2. The molecule has 0 bridgehead atoms. The lowest BCUT2D eigenvalue weighted by atomic mass is 9.88. The third kappa shape index (κ3) is 3.96. The number of para-hydroxylation sites is 1. The number of urea groups is 1. The molecular formula is C24H23N7O2S. The van der Waals surface area contributed by atoms with Crippen LogP contribution in [0.4, 0.5) is 4.79 Å². The van der Waals surface area contributed by atoms with Crippen LogP contribution in [0.3, 0.4) is 0 Å². The molecule has 1 aliphatic carbocycles. The van der Waals surface area contributed by atoms with E-state index >= 15 is 0 Å². The molecule has 10 heteroatoms. The fourth-order valence-electron chi connectivity index (χ4n) is 4.13. The Morgan fingerprint density at radius 3 is 2.59 bits per heavy atom. The summed E-state index contributed by atoms with van der Waals surface area (Å²) < 4.78 is 3.83. The largest absolute Gasteiger partial charge is 0.341 e. The van der Waals surface area contributed by atoms with E-state index in [2.05, 4.69) is 45.1 Å². The van der Waals surface area contributed by atoms with Gasteiger partial charge in [0.25, 0.3) is 0 Å². The van der Waals surface area contributed by atoms with Crippen molar-refractivity contribution in [3.05, 3.63) is 65.7 Å². The standard InChI is InChI=1S/C24H23N7O2S/c1-25-23(33)26-19(32)14-34-24-28-27-22(30(24)2)20-18-13-12-15-8-6-7-11-17(15)21(18)31(29-20)16-9-4-3-5-10-16/h3-11H,12-14H2,1-2H3,(H2,25,26,32,33). The second-order valence-corrected chi connectivity index (χ2v) is 8.80. The molecular weight excluding hydrogens is 450 g/mol. The summed E-state index contributed by atoms with van der Waals surface area (Å²) in [4.78, 5) is 23.3. The molecule has 0 aliphatic heterocycles. The molecule has 3 amide bonds. The van der Waals surface area contributed by atoms with Crippen molar-refractivity contribution in [1.82, 2.24) is 35.2 Å². The lowest BCUT2D eigenvalue weighted by molar-refractivity contribution is -0.117. The van der Waals surface area contributed by atoms with Crippen molar-refractivity contribution in [2.24, 2.45) is 7.05 Å². The lowest BCUT2D eigenvalue weighted by Gasteiger charge is -2.18. The number of rotatable bonds is 5. The van der Waals surface area contributed by atoms with Gasteiger partial charge in [-0.3, -0.25) is 10.1 Å². The van der Waals surface area contributed by atoms with Crippen molar-refractivity contribution in [3.63, 3.8) is 0 Å². The first-order valence-corrected chi connectivity index (χ1v) is 11.8. The molecule has 172 valence electrons. The van der Waals surface area contributed by atoms with Gasteiger partial charge < -0.3 is 9.88 Å². The van der Waals surface area contributed by atoms with E-state index in [9.17, 15) is 9.59 Å². The smallest absolute Gasteiger partial charge is 0.321 e. The molecule has 0 saturated heterocycles. The maximum absolute atomic E-state index is 12.0. The van der Waals surface area contributed by atoms with Crippen LogP contribution >= 0.6 is 11.8 Å². The second-order valence-electron chi connectivity index (χ2n) is 7.86. The van der Waals surface area contributed by atoms with Crippen molar-refractivity contribution in [2.45, 2.75) is 18.0 Å². The van der Waals surface area contributed by atoms with Gasteiger partial charge in [0, 0.05) is 25.2 Å². The summed E-state index contributed by atoms with van der Waals surface area (Å²) >= 11 is 1.22. The summed E-state index contributed by atoms with van der Waals surface area (Å²) in [6.45, 7) is 0. The third-order valence-electron chi connectivity index (χ3n) is 5.76. The summed E-state index contributed by atoms with van der Waals surface area (Å²) in [6.07, 6.45) is 1.77. The van der Waals surface area contributed by atoms with E-state index < -0.39 is 11.9 Å². The van der Waals surface area contributed by atoms with Crippen LogP contribution in [-0.2, 0) is 24.7 Å². The quantitative estimate of drug-likeness (QED) is 0.432. The molecule has 9 nitrogen and oxygen atoms in total. The zero-order valence-corrected chi connectivity index (χ0v) is 19.6. The van der Waals surface area contributed by atoms with E-state index in [0.717, 1.165) is 35.5 Å². The number of aromatic nitrogens is 5. The van der Waals surface area contributed by atoms with Crippen LogP contribution < -0.4 is 10.6 Å². The number of aryl methyl sites for hydroxylation is 1. The van der Waals surface area contributed by atoms with Crippen LogP contribution in [0.5, 0.6) is 0 Å². The van der Waals surface area contributed by atoms with Crippen LogP contribution in [0.1, 0.15) is 11.1 Å². The number of carbonyl (C=O) groups is 2. The maximum Gasteiger partial charge on any atom is 0.321 e. The first kappa shape index (κ1) is 21.9. The maximum atomic E-state index is 12.0. The van der Waals surface area contributed by atoms with Gasteiger partial charge in [-0.25, -0.2) is 9.48 Å². The predicted molar refractivity (Wildman–Crippen MR) is 130 cm³/mol. The summed E-state index contributed by atoms with van der Waals surface area (Å²) in [7, 11) is 3.32. The Labute approximate surface area is 200 Å². The van der Waals surface area contributed by atoms with Crippen LogP contribution in [0.2, 0.25) is 0 Å². The molecule has 0 saturated carbocycles. The number of benzene rings is 2. The van der Waals surface area contributed by atoms with Gasteiger partial charge in [0.15, 0.2) is 11.0 Å². The monoisotopic (exact) mass is 473 g/mol. The van der Waals surface area contributed by atoms with E-state index in [4.69, 9.17) is 5.10 Å². The van der Waals surface area contributed by atoms with E-state index in [1.807, 2.05) is 46.6 Å². The summed E-state index contributed by atoms with van der Waals surface area (Å²) in [5, 5.41) is 18.9. The van der Waals surface area contributed by atoms with Crippen molar-refractivity contribution in [1.29, 1.82) is 0 Å². The molecule has 2 N–H and O–H groups in total. The minimum absolute atomic E-state index is 0.0450. The lowest BCUT2D eigenvalue weighted by Crippen LogP contribution is -2.38. The number of thioether (sulfide) groups is 1. The first-order valence-electron chi connectivity index (χ1n) is 10.9. The Morgan fingerprint density at radius 1 is 1.03 bits per heavy atom. The summed E-state index contributed by atoms with van der Waals surface area (Å²) in [6, 6.07) is 18.0. The van der Waals surface area contributed by atoms with Crippen molar-refractivity contribution in [3.8, 4) is 28.5 Å². The number of nitrogens with zero attached hydrogens (tertiary/aromatic N) is 5. The number of hydrogen-bond acceptors (Lipinski definition) is 6. The Morgan fingerprint density at radius 2 is 1.79 bits per heavy atom. The van der Waals surface area contributed by atoms with Gasteiger partial charge in [0.05, 0.1) is 17.1 Å². The molecule has 1 aliphatic rings. The molecule has 0 radical (unpaired) electrons. The SMILES string of the molecule is CNC(=O)NC(=O)CSc1nnc(-c2nn(-c3ccccc3)c3c2CCc2ccccc2-3)n1C. The number of carbonyl (C=O) groups excluding carboxylic acids is 2. The van der Waals surface area contributed by atoms with Gasteiger partial charge in [0.2, 0.25) is 5.91 Å². The van der Waals surface area contributed by atoms with Crippen LogP contribution in [0.15, 0.2) is 59.8 Å². The summed E-state index contributed by atoms with van der Waals surface area (Å²) in [5.41, 5.74) is 6.44. The van der Waals surface area contributed by atoms with E-state index in [-0.39, 0.29) is 5.75 Å². The zero-order valence-electron chi connectivity index (χ0n) is 18.8. The van der Waals surface area contributed by atoms with Crippen molar-refractivity contribution >= 4 is 23.7 Å². The van der Waals surface area contributed by atoms with Crippen LogP contribution in [0.25, 0.3) is 28.5 Å². The van der Waals surface area contributed by atoms with Gasteiger partial charge >= 0.3 is 6.03 Å². The van der Waals surface area contributed by atoms with Crippen molar-refractivity contribution < 1.29 is 9.59 Å². The molecule has 0 fully saturated rings. The van der Waals surface area contributed by atoms with E-state index in [1.165, 1.54) is 29.9 Å². The molecule has 0 atom stereocenters. The average Bonchev–Trinajstić information content (AvgIpc) is 3.43. The highest BCUT2D eigenvalue weighted by Crippen LogP contribution is 2.40. The second kappa shape index (κ2) is 9.14. The normalized spacial score (nSPS) is 12.1. The number of nitrogens with one attached hydrogen (secondary N) is 2. The topological polar surface area (TPSA) is 107 Å². The molecule has 0 unspecified atom stereocenters. The fourth-order valence-corrected chi connectivity index (χ4v) is 4.84. The highest BCUT2D eigenvalue weighted by molar-refractivity contribution is 7.99. The van der Waals surface area contributed by atoms with E-state index in [1.54, 1.807) is 0 Å². The predicted octanol–water partition coefficient (Wildman–Crippen LogP) is 2.98. The Balaban J connectivity index is 1.53. The van der Waals surface area contributed by atoms with Gasteiger partial charge in [0.1, 0.15) is 5.69 Å². The minimum Gasteiger partial charge on any atom is -0.341 e. The fraction of sp³-hybridized carbons (Fsp3) is 0.208. The van der Waals surface area contributed by atoms with Gasteiger partial charge in [-0.15, -0.1) is 10.2 Å². The third-order valence-corrected chi connectivity index (χ3v) is 6.78. The molecule has 2 heterocycles. The van der Waals surface area contributed by atoms with Gasteiger partial charge in [-0.1, -0.05) is 54.2 Å². The minimum atomic E-state index is -0.539. The molecule has 4 aromatic rings. The van der Waals surface area contributed by atoms with E-state index in [0.29, 0.717) is 11.0 Å². The molecule has 34 heavy (non-hydrogen) atoms. The first-order chi connectivity index (χ1) is 16.6. The number of amides is 3. The Bertz CT molecular complexity index is 1380.